The molecule has 1 saturated carbocycles. The highest BCUT2D eigenvalue weighted by atomic mass is 16.1. The fourth-order valence-electron chi connectivity index (χ4n) is 4.88. The molecule has 4 heteroatoms. The Kier molecular flexibility index (Phi) is 5.49. The van der Waals surface area contributed by atoms with Crippen molar-refractivity contribution in [2.24, 2.45) is 0 Å². The van der Waals surface area contributed by atoms with Gasteiger partial charge >= 0.3 is 0 Å². The van der Waals surface area contributed by atoms with E-state index in [1.54, 1.807) is 0 Å². The summed E-state index contributed by atoms with van der Waals surface area (Å²) in [5.41, 5.74) is 3.99. The molecule has 0 radical (unpaired) electrons. The van der Waals surface area contributed by atoms with Crippen LogP contribution in [0.4, 0.5) is 0 Å². The number of carbonyl (C=O) groups is 1. The molecule has 136 valence electrons. The van der Waals surface area contributed by atoms with Crippen molar-refractivity contribution in [3.8, 4) is 0 Å². The third-order valence-corrected chi connectivity index (χ3v) is 6.42. The maximum Gasteiger partial charge on any atom is 0.141 e. The average Bonchev–Trinajstić information content (AvgIpc) is 2.70. The lowest BCUT2D eigenvalue weighted by Gasteiger charge is -2.42. The van der Waals surface area contributed by atoms with Crippen molar-refractivity contribution < 1.29 is 4.79 Å². The van der Waals surface area contributed by atoms with E-state index < -0.39 is 0 Å². The van der Waals surface area contributed by atoms with Crippen molar-refractivity contribution in [3.05, 3.63) is 34.9 Å². The number of benzene rings is 1. The molecule has 2 fully saturated rings. The number of fused-ring (bicyclic) bond motifs is 1. The van der Waals surface area contributed by atoms with Crippen molar-refractivity contribution in [1.82, 2.24) is 15.1 Å². The fraction of sp³-hybridized carbons (Fsp3) is 0.667. The van der Waals surface area contributed by atoms with Crippen molar-refractivity contribution in [1.29, 1.82) is 0 Å². The SMILES string of the molecule is O=CC(c1ccc2c(c1)CCNC2)N1CCN(C2CCCCC2)CC1. The standard InChI is InChI=1S/C21H31N3O/c25-16-21(18-6-7-19-15-22-9-8-17(19)14-18)24-12-10-23(11-13-24)20-4-2-1-3-5-20/h6-7,14,16,20-22H,1-5,8-13,15H2. The molecule has 1 N–H and O–H groups in total. The quantitative estimate of drug-likeness (QED) is 0.854. The molecule has 1 unspecified atom stereocenters. The molecule has 4 nitrogen and oxygen atoms in total. The Morgan fingerprint density at radius 3 is 2.60 bits per heavy atom. The predicted molar refractivity (Wildman–Crippen MR) is 101 cm³/mol. The summed E-state index contributed by atoms with van der Waals surface area (Å²) in [5.74, 6) is 0. The number of hydrogen-bond donors (Lipinski definition) is 1. The minimum absolute atomic E-state index is 0.0753. The zero-order valence-corrected chi connectivity index (χ0v) is 15.3. The van der Waals surface area contributed by atoms with Gasteiger partial charge in [0.15, 0.2) is 0 Å². The molecule has 25 heavy (non-hydrogen) atoms. The molecule has 0 aromatic heterocycles. The summed E-state index contributed by atoms with van der Waals surface area (Å²) in [6.07, 6.45) is 9.17. The Morgan fingerprint density at radius 1 is 1.04 bits per heavy atom. The molecule has 4 rings (SSSR count). The number of nitrogens with one attached hydrogen (secondary N) is 1. The maximum atomic E-state index is 11.9. The minimum atomic E-state index is -0.0753. The van der Waals surface area contributed by atoms with E-state index in [0.717, 1.165) is 58.0 Å². The summed E-state index contributed by atoms with van der Waals surface area (Å²) >= 11 is 0. The monoisotopic (exact) mass is 341 g/mol. The highest BCUT2D eigenvalue weighted by Crippen LogP contribution is 2.27. The van der Waals surface area contributed by atoms with Crippen LogP contribution >= 0.6 is 0 Å². The second kappa shape index (κ2) is 7.98. The molecule has 1 aromatic carbocycles. The van der Waals surface area contributed by atoms with Gasteiger partial charge in [-0.25, -0.2) is 0 Å². The van der Waals surface area contributed by atoms with Crippen LogP contribution < -0.4 is 5.32 Å². The van der Waals surface area contributed by atoms with Crippen LogP contribution in [0.2, 0.25) is 0 Å². The normalized spacial score (nSPS) is 24.6. The number of piperazine rings is 1. The number of nitrogens with zero attached hydrogens (tertiary/aromatic N) is 2. The van der Waals surface area contributed by atoms with Crippen LogP contribution in [0.3, 0.4) is 0 Å². The van der Waals surface area contributed by atoms with Gasteiger partial charge in [0.25, 0.3) is 0 Å². The second-order valence-electron chi connectivity index (χ2n) is 7.90. The average molecular weight is 341 g/mol. The Bertz CT molecular complexity index is 589. The maximum absolute atomic E-state index is 11.9. The molecule has 0 bridgehead atoms. The predicted octanol–water partition coefficient (Wildman–Crippen LogP) is 2.52. The van der Waals surface area contributed by atoms with E-state index in [1.807, 2.05) is 0 Å². The second-order valence-corrected chi connectivity index (χ2v) is 7.90. The van der Waals surface area contributed by atoms with Gasteiger partial charge in [0.05, 0.1) is 6.04 Å². The molecular weight excluding hydrogens is 310 g/mol. The van der Waals surface area contributed by atoms with Crippen LogP contribution in [0, 0.1) is 0 Å². The van der Waals surface area contributed by atoms with E-state index in [2.05, 4.69) is 33.3 Å². The molecule has 0 spiro atoms. The number of aldehydes is 1. The summed E-state index contributed by atoms with van der Waals surface area (Å²) in [4.78, 5) is 16.9. The van der Waals surface area contributed by atoms with Gasteiger partial charge in [0.2, 0.25) is 0 Å². The fourth-order valence-corrected chi connectivity index (χ4v) is 4.88. The van der Waals surface area contributed by atoms with E-state index in [0.29, 0.717) is 0 Å². The molecule has 2 aliphatic heterocycles. The topological polar surface area (TPSA) is 35.6 Å². The lowest BCUT2D eigenvalue weighted by Crippen LogP contribution is -2.51. The van der Waals surface area contributed by atoms with Crippen molar-refractivity contribution >= 4 is 6.29 Å². The van der Waals surface area contributed by atoms with Gasteiger partial charge in [-0.2, -0.15) is 0 Å². The molecular formula is C21H31N3O. The highest BCUT2D eigenvalue weighted by molar-refractivity contribution is 5.62. The summed E-state index contributed by atoms with van der Waals surface area (Å²) in [7, 11) is 0. The highest BCUT2D eigenvalue weighted by Gasteiger charge is 2.29. The Balaban J connectivity index is 1.41. The van der Waals surface area contributed by atoms with E-state index in [1.165, 1.54) is 48.8 Å². The third-order valence-electron chi connectivity index (χ3n) is 6.42. The van der Waals surface area contributed by atoms with Crippen molar-refractivity contribution in [2.45, 2.75) is 57.2 Å². The first-order chi connectivity index (χ1) is 12.3. The summed E-state index contributed by atoms with van der Waals surface area (Å²) in [6, 6.07) is 7.38. The zero-order chi connectivity index (χ0) is 17.1. The summed E-state index contributed by atoms with van der Waals surface area (Å²) in [6.45, 7) is 6.26. The first-order valence-corrected chi connectivity index (χ1v) is 10.1. The van der Waals surface area contributed by atoms with E-state index in [-0.39, 0.29) is 6.04 Å². The minimum Gasteiger partial charge on any atom is -0.312 e. The van der Waals surface area contributed by atoms with Crippen LogP contribution in [0.5, 0.6) is 0 Å². The Hall–Kier alpha value is -1.23. The van der Waals surface area contributed by atoms with E-state index >= 15 is 0 Å². The number of carbonyl (C=O) groups excluding carboxylic acids is 1. The molecule has 1 aromatic rings. The van der Waals surface area contributed by atoms with Gasteiger partial charge in [-0.05, 0) is 42.5 Å². The van der Waals surface area contributed by atoms with Crippen LogP contribution in [0.15, 0.2) is 18.2 Å². The Labute approximate surface area is 151 Å². The zero-order valence-electron chi connectivity index (χ0n) is 15.3. The number of hydrogen-bond acceptors (Lipinski definition) is 4. The van der Waals surface area contributed by atoms with Gasteiger partial charge in [0.1, 0.15) is 6.29 Å². The van der Waals surface area contributed by atoms with Gasteiger partial charge in [-0.15, -0.1) is 0 Å². The lowest BCUT2D eigenvalue weighted by atomic mass is 9.93. The van der Waals surface area contributed by atoms with Crippen LogP contribution in [-0.4, -0.2) is 54.9 Å². The van der Waals surface area contributed by atoms with Gasteiger partial charge < -0.3 is 10.1 Å². The smallest absolute Gasteiger partial charge is 0.141 e. The largest absolute Gasteiger partial charge is 0.312 e. The Morgan fingerprint density at radius 2 is 1.84 bits per heavy atom. The van der Waals surface area contributed by atoms with Crippen LogP contribution in [0.25, 0.3) is 0 Å². The molecule has 1 atom stereocenters. The van der Waals surface area contributed by atoms with Crippen LogP contribution in [-0.2, 0) is 17.8 Å². The first-order valence-electron chi connectivity index (χ1n) is 10.1. The van der Waals surface area contributed by atoms with Gasteiger partial charge in [-0.3, -0.25) is 9.80 Å². The third kappa shape index (κ3) is 3.81. The molecule has 3 aliphatic rings. The summed E-state index contributed by atoms with van der Waals surface area (Å²) < 4.78 is 0. The number of rotatable bonds is 4. The molecule has 0 amide bonds. The lowest BCUT2D eigenvalue weighted by molar-refractivity contribution is -0.113. The summed E-state index contributed by atoms with van der Waals surface area (Å²) in [5, 5.41) is 3.42. The van der Waals surface area contributed by atoms with E-state index in [9.17, 15) is 4.79 Å². The molecule has 2 heterocycles. The molecule has 1 saturated heterocycles. The van der Waals surface area contributed by atoms with E-state index in [4.69, 9.17) is 0 Å². The first kappa shape index (κ1) is 17.2. The van der Waals surface area contributed by atoms with Crippen molar-refractivity contribution in [3.63, 3.8) is 0 Å². The van der Waals surface area contributed by atoms with Gasteiger partial charge in [-0.1, -0.05) is 37.5 Å². The van der Waals surface area contributed by atoms with Crippen molar-refractivity contribution in [2.75, 3.05) is 32.7 Å². The molecule has 1 aliphatic carbocycles. The van der Waals surface area contributed by atoms with Crippen LogP contribution in [0.1, 0.15) is 54.8 Å². The van der Waals surface area contributed by atoms with Gasteiger partial charge in [0, 0.05) is 38.8 Å².